The van der Waals surface area contributed by atoms with Gasteiger partial charge >= 0.3 is 5.88 Å². The van der Waals surface area contributed by atoms with E-state index < -0.39 is 4.92 Å². The molecule has 0 spiro atoms. The summed E-state index contributed by atoms with van der Waals surface area (Å²) in [5.74, 6) is 0.407. The SMILES string of the molecule is COc1ccc2c(C)c([N+](=O)[O-])oc2c1. The maximum absolute atomic E-state index is 10.6. The summed E-state index contributed by atoms with van der Waals surface area (Å²) >= 11 is 0. The number of benzene rings is 1. The first kappa shape index (κ1) is 9.51. The summed E-state index contributed by atoms with van der Waals surface area (Å²) in [6.07, 6.45) is 0. The van der Waals surface area contributed by atoms with E-state index in [0.29, 0.717) is 16.9 Å². The van der Waals surface area contributed by atoms with Gasteiger partial charge in [-0.25, -0.2) is 0 Å². The number of methoxy groups -OCH3 is 1. The van der Waals surface area contributed by atoms with Gasteiger partial charge in [0.05, 0.1) is 12.7 Å². The molecule has 0 saturated heterocycles. The number of nitro groups is 1. The first-order valence-corrected chi connectivity index (χ1v) is 4.35. The lowest BCUT2D eigenvalue weighted by Crippen LogP contribution is -1.86. The van der Waals surface area contributed by atoms with Crippen LogP contribution in [0.25, 0.3) is 11.0 Å². The molecule has 0 bridgehead atoms. The average Bonchev–Trinajstić information content (AvgIpc) is 2.55. The van der Waals surface area contributed by atoms with Crippen molar-refractivity contribution in [2.45, 2.75) is 6.92 Å². The van der Waals surface area contributed by atoms with Crippen molar-refractivity contribution in [1.29, 1.82) is 0 Å². The van der Waals surface area contributed by atoms with Crippen LogP contribution < -0.4 is 4.74 Å². The van der Waals surface area contributed by atoms with Crippen LogP contribution in [0.3, 0.4) is 0 Å². The highest BCUT2D eigenvalue weighted by molar-refractivity contribution is 5.85. The van der Waals surface area contributed by atoms with Gasteiger partial charge in [0.15, 0.2) is 0 Å². The molecule has 1 aromatic carbocycles. The summed E-state index contributed by atoms with van der Waals surface area (Å²) < 4.78 is 10.1. The zero-order valence-electron chi connectivity index (χ0n) is 8.31. The zero-order chi connectivity index (χ0) is 11.0. The second-order valence-corrected chi connectivity index (χ2v) is 3.15. The van der Waals surface area contributed by atoms with Gasteiger partial charge in [-0.2, -0.15) is 0 Å². The van der Waals surface area contributed by atoms with E-state index in [1.54, 1.807) is 25.1 Å². The van der Waals surface area contributed by atoms with Crippen molar-refractivity contribution in [2.24, 2.45) is 0 Å². The lowest BCUT2D eigenvalue weighted by atomic mass is 10.2. The Bertz CT molecular complexity index is 529. The Morgan fingerprint density at radius 2 is 2.20 bits per heavy atom. The Labute approximate surface area is 85.4 Å². The third-order valence-electron chi connectivity index (χ3n) is 2.29. The van der Waals surface area contributed by atoms with Crippen LogP contribution in [0.4, 0.5) is 5.88 Å². The molecule has 0 saturated carbocycles. The topological polar surface area (TPSA) is 65.5 Å². The molecule has 78 valence electrons. The molecule has 2 rings (SSSR count). The molecule has 1 heterocycles. The maximum Gasteiger partial charge on any atom is 0.437 e. The number of aryl methyl sites for hydroxylation is 1. The van der Waals surface area contributed by atoms with Crippen LogP contribution in [0.5, 0.6) is 5.75 Å². The van der Waals surface area contributed by atoms with E-state index in [-0.39, 0.29) is 5.88 Å². The van der Waals surface area contributed by atoms with E-state index >= 15 is 0 Å². The Morgan fingerprint density at radius 3 is 2.80 bits per heavy atom. The van der Waals surface area contributed by atoms with E-state index in [9.17, 15) is 10.1 Å². The minimum Gasteiger partial charge on any atom is -0.497 e. The second kappa shape index (κ2) is 3.27. The number of ether oxygens (including phenoxy) is 1. The van der Waals surface area contributed by atoms with Crippen LogP contribution in [-0.4, -0.2) is 12.0 Å². The van der Waals surface area contributed by atoms with Crippen molar-refractivity contribution in [3.8, 4) is 5.75 Å². The highest BCUT2D eigenvalue weighted by Gasteiger charge is 2.20. The monoisotopic (exact) mass is 207 g/mol. The number of fused-ring (bicyclic) bond motifs is 1. The summed E-state index contributed by atoms with van der Waals surface area (Å²) in [5.41, 5.74) is 1.01. The third-order valence-corrected chi connectivity index (χ3v) is 2.29. The minimum absolute atomic E-state index is 0.210. The smallest absolute Gasteiger partial charge is 0.437 e. The van der Waals surface area contributed by atoms with Crippen molar-refractivity contribution in [1.82, 2.24) is 0 Å². The molecule has 0 aliphatic carbocycles. The fourth-order valence-electron chi connectivity index (χ4n) is 1.49. The van der Waals surface area contributed by atoms with E-state index in [4.69, 9.17) is 9.15 Å². The van der Waals surface area contributed by atoms with E-state index in [1.807, 2.05) is 0 Å². The van der Waals surface area contributed by atoms with Crippen LogP contribution in [0.2, 0.25) is 0 Å². The lowest BCUT2D eigenvalue weighted by molar-refractivity contribution is -0.402. The van der Waals surface area contributed by atoms with Crippen molar-refractivity contribution in [2.75, 3.05) is 7.11 Å². The van der Waals surface area contributed by atoms with Crippen molar-refractivity contribution in [3.05, 3.63) is 33.9 Å². The summed E-state index contributed by atoms with van der Waals surface area (Å²) in [5, 5.41) is 11.4. The first-order valence-electron chi connectivity index (χ1n) is 4.35. The molecule has 5 nitrogen and oxygen atoms in total. The summed E-state index contributed by atoms with van der Waals surface area (Å²) in [6, 6.07) is 5.13. The van der Waals surface area contributed by atoms with Crippen molar-refractivity contribution in [3.63, 3.8) is 0 Å². The normalized spacial score (nSPS) is 10.5. The maximum atomic E-state index is 10.6. The van der Waals surface area contributed by atoms with Gasteiger partial charge in [-0.1, -0.05) is 0 Å². The van der Waals surface area contributed by atoms with E-state index in [2.05, 4.69) is 0 Å². The quantitative estimate of drug-likeness (QED) is 0.560. The van der Waals surface area contributed by atoms with Gasteiger partial charge in [0.1, 0.15) is 16.3 Å². The number of hydrogen-bond donors (Lipinski definition) is 0. The number of nitrogens with zero attached hydrogens (tertiary/aromatic N) is 1. The fraction of sp³-hybridized carbons (Fsp3) is 0.200. The molecule has 0 aliphatic heterocycles. The Hall–Kier alpha value is -2.04. The summed E-state index contributed by atoms with van der Waals surface area (Å²) in [4.78, 5) is 10.1. The van der Waals surface area contributed by atoms with Gasteiger partial charge in [0.2, 0.25) is 0 Å². The van der Waals surface area contributed by atoms with Gasteiger partial charge in [-0.15, -0.1) is 0 Å². The predicted molar refractivity (Wildman–Crippen MR) is 54.2 cm³/mol. The first-order chi connectivity index (χ1) is 7.13. The molecular formula is C10H9NO4. The molecule has 0 aliphatic rings. The van der Waals surface area contributed by atoms with Gasteiger partial charge in [0, 0.05) is 11.5 Å². The highest BCUT2D eigenvalue weighted by atomic mass is 16.6. The Kier molecular flexibility index (Phi) is 2.07. The summed E-state index contributed by atoms with van der Waals surface area (Å²) in [6.45, 7) is 1.66. The molecule has 5 heteroatoms. The molecule has 0 unspecified atom stereocenters. The van der Waals surface area contributed by atoms with E-state index in [1.165, 1.54) is 7.11 Å². The molecule has 1 aromatic heterocycles. The van der Waals surface area contributed by atoms with E-state index in [0.717, 1.165) is 5.39 Å². The van der Waals surface area contributed by atoms with Crippen LogP contribution in [0.15, 0.2) is 22.6 Å². The molecule has 15 heavy (non-hydrogen) atoms. The predicted octanol–water partition coefficient (Wildman–Crippen LogP) is 2.66. The van der Waals surface area contributed by atoms with Crippen LogP contribution in [0.1, 0.15) is 5.56 Å². The molecule has 0 N–H and O–H groups in total. The number of hydrogen-bond acceptors (Lipinski definition) is 4. The third kappa shape index (κ3) is 1.41. The second-order valence-electron chi connectivity index (χ2n) is 3.15. The largest absolute Gasteiger partial charge is 0.497 e. The Morgan fingerprint density at radius 1 is 1.47 bits per heavy atom. The minimum atomic E-state index is -0.526. The fourth-order valence-corrected chi connectivity index (χ4v) is 1.49. The van der Waals surface area contributed by atoms with Crippen molar-refractivity contribution >= 4 is 16.9 Å². The molecule has 0 amide bonds. The van der Waals surface area contributed by atoms with Crippen LogP contribution in [-0.2, 0) is 0 Å². The molecule has 0 fully saturated rings. The summed E-state index contributed by atoms with van der Waals surface area (Å²) in [7, 11) is 1.53. The van der Waals surface area contributed by atoms with Crippen molar-refractivity contribution < 1.29 is 14.1 Å². The lowest BCUT2D eigenvalue weighted by Gasteiger charge is -1.96. The van der Waals surface area contributed by atoms with Gasteiger partial charge in [-0.3, -0.25) is 10.1 Å². The van der Waals surface area contributed by atoms with Gasteiger partial charge < -0.3 is 9.15 Å². The Balaban J connectivity index is 2.70. The van der Waals surface area contributed by atoms with Crippen LogP contribution >= 0.6 is 0 Å². The molecule has 0 radical (unpaired) electrons. The highest BCUT2D eigenvalue weighted by Crippen LogP contribution is 2.32. The van der Waals surface area contributed by atoms with Gasteiger partial charge in [0.25, 0.3) is 0 Å². The molecule has 0 atom stereocenters. The van der Waals surface area contributed by atoms with Crippen LogP contribution in [0, 0.1) is 17.0 Å². The zero-order valence-corrected chi connectivity index (χ0v) is 8.31. The van der Waals surface area contributed by atoms with Gasteiger partial charge in [-0.05, 0) is 19.1 Å². The molecular weight excluding hydrogens is 198 g/mol. The number of furan rings is 1. The average molecular weight is 207 g/mol. The molecule has 2 aromatic rings. The number of rotatable bonds is 2. The standard InChI is InChI=1S/C10H9NO4/c1-6-8-4-3-7(14-2)5-9(8)15-10(6)11(12)13/h3-5H,1-2H3.